The number of methoxy groups -OCH3 is 1. The van der Waals surface area contributed by atoms with Crippen LogP contribution < -0.4 is 9.64 Å². The van der Waals surface area contributed by atoms with Crippen LogP contribution in [0.1, 0.15) is 10.4 Å². The molecular weight excluding hydrogens is 426 g/mol. The highest BCUT2D eigenvalue weighted by molar-refractivity contribution is 6.20. The van der Waals surface area contributed by atoms with Gasteiger partial charge >= 0.3 is 0 Å². The van der Waals surface area contributed by atoms with E-state index in [9.17, 15) is 4.79 Å². The summed E-state index contributed by atoms with van der Waals surface area (Å²) in [6.45, 7) is 2.99. The molecule has 2 aliphatic heterocycles. The molecule has 2 aliphatic rings. The summed E-state index contributed by atoms with van der Waals surface area (Å²) in [6.07, 6.45) is 3.53. The van der Waals surface area contributed by atoms with Crippen molar-refractivity contribution >= 4 is 38.8 Å². The zero-order valence-electron chi connectivity index (χ0n) is 19.2. The molecule has 0 N–H and O–H groups in total. The van der Waals surface area contributed by atoms with Crippen LogP contribution in [0.4, 0.5) is 11.4 Å². The normalized spacial score (nSPS) is 15.2. The highest BCUT2D eigenvalue weighted by Crippen LogP contribution is 2.49. The zero-order valence-corrected chi connectivity index (χ0v) is 19.2. The number of nitrogens with zero attached hydrogens (tertiary/aromatic N) is 3. The van der Waals surface area contributed by atoms with Crippen molar-refractivity contribution in [2.24, 2.45) is 0 Å². The molecule has 0 unspecified atom stereocenters. The Morgan fingerprint density at radius 2 is 1.85 bits per heavy atom. The first-order valence-corrected chi connectivity index (χ1v) is 11.5. The minimum absolute atomic E-state index is 0.0178. The van der Waals surface area contributed by atoms with E-state index in [0.717, 1.165) is 63.1 Å². The molecule has 6 heteroatoms. The van der Waals surface area contributed by atoms with Crippen molar-refractivity contribution in [3.05, 3.63) is 72.4 Å². The Bertz CT molecular complexity index is 1470. The van der Waals surface area contributed by atoms with Gasteiger partial charge in [0.2, 0.25) is 0 Å². The number of ketones is 1. The van der Waals surface area contributed by atoms with Gasteiger partial charge in [0.1, 0.15) is 5.75 Å². The third-order valence-corrected chi connectivity index (χ3v) is 6.73. The van der Waals surface area contributed by atoms with Gasteiger partial charge in [0.05, 0.1) is 42.9 Å². The number of para-hydroxylation sites is 1. The Labute approximate surface area is 198 Å². The summed E-state index contributed by atoms with van der Waals surface area (Å²) >= 11 is 0. The molecule has 0 saturated carbocycles. The average molecular weight is 452 g/mol. The van der Waals surface area contributed by atoms with E-state index in [-0.39, 0.29) is 5.78 Å². The van der Waals surface area contributed by atoms with E-state index in [1.54, 1.807) is 13.2 Å². The van der Waals surface area contributed by atoms with Crippen LogP contribution in [0.5, 0.6) is 5.75 Å². The number of anilines is 2. The van der Waals surface area contributed by atoms with Gasteiger partial charge in [-0.05, 0) is 29.7 Å². The number of carbonyl (C=O) groups is 1. The molecule has 0 radical (unpaired) electrons. The average Bonchev–Trinajstić information content (AvgIpc) is 2.90. The third-order valence-electron chi connectivity index (χ3n) is 6.73. The Morgan fingerprint density at radius 3 is 2.68 bits per heavy atom. The molecule has 0 atom stereocenters. The van der Waals surface area contributed by atoms with Crippen molar-refractivity contribution in [2.75, 3.05) is 45.4 Å². The van der Waals surface area contributed by atoms with E-state index >= 15 is 0 Å². The molecule has 170 valence electrons. The Morgan fingerprint density at radius 1 is 1.03 bits per heavy atom. The first kappa shape index (κ1) is 20.7. The SMILES string of the molecule is COc1cc2c3c(nc4ccccc4c3c1)-c1ccc(C(=O)C=CN3CCOCC3)cc1N2C. The van der Waals surface area contributed by atoms with E-state index in [2.05, 4.69) is 21.9 Å². The van der Waals surface area contributed by atoms with Gasteiger partial charge in [0.15, 0.2) is 5.78 Å². The molecule has 1 saturated heterocycles. The highest BCUT2D eigenvalue weighted by Gasteiger charge is 2.26. The van der Waals surface area contributed by atoms with Crippen LogP contribution in [0.2, 0.25) is 0 Å². The monoisotopic (exact) mass is 451 g/mol. The number of aromatic nitrogens is 1. The number of carbonyl (C=O) groups excluding carboxylic acids is 1. The van der Waals surface area contributed by atoms with Crippen molar-refractivity contribution in [3.63, 3.8) is 0 Å². The van der Waals surface area contributed by atoms with Gasteiger partial charge in [-0.3, -0.25) is 4.79 Å². The maximum Gasteiger partial charge on any atom is 0.187 e. The van der Waals surface area contributed by atoms with Crippen molar-refractivity contribution in [3.8, 4) is 17.0 Å². The van der Waals surface area contributed by atoms with E-state index in [0.29, 0.717) is 18.8 Å². The molecule has 6 rings (SSSR count). The molecule has 1 fully saturated rings. The van der Waals surface area contributed by atoms with Crippen molar-refractivity contribution < 1.29 is 14.3 Å². The molecule has 3 aromatic carbocycles. The third kappa shape index (κ3) is 3.30. The zero-order chi connectivity index (χ0) is 23.2. The summed E-state index contributed by atoms with van der Waals surface area (Å²) in [5, 5.41) is 3.31. The van der Waals surface area contributed by atoms with Crippen LogP contribution in [0.25, 0.3) is 32.9 Å². The minimum Gasteiger partial charge on any atom is -0.497 e. The molecule has 6 nitrogen and oxygen atoms in total. The van der Waals surface area contributed by atoms with Crippen LogP contribution in [-0.4, -0.2) is 56.1 Å². The second-order valence-electron chi connectivity index (χ2n) is 8.67. The van der Waals surface area contributed by atoms with E-state index in [4.69, 9.17) is 14.5 Å². The number of pyridine rings is 1. The smallest absolute Gasteiger partial charge is 0.187 e. The molecule has 0 spiro atoms. The number of ether oxygens (including phenoxy) is 2. The summed E-state index contributed by atoms with van der Waals surface area (Å²) in [5.41, 5.74) is 5.51. The first-order chi connectivity index (χ1) is 16.6. The van der Waals surface area contributed by atoms with Gasteiger partial charge in [0.25, 0.3) is 0 Å². The number of allylic oxidation sites excluding steroid dienone is 1. The van der Waals surface area contributed by atoms with Crippen LogP contribution >= 0.6 is 0 Å². The van der Waals surface area contributed by atoms with Gasteiger partial charge in [-0.15, -0.1) is 0 Å². The van der Waals surface area contributed by atoms with Crippen LogP contribution in [0.15, 0.2) is 66.9 Å². The van der Waals surface area contributed by atoms with Crippen LogP contribution in [0.3, 0.4) is 0 Å². The number of hydrogen-bond acceptors (Lipinski definition) is 6. The van der Waals surface area contributed by atoms with Gasteiger partial charge in [-0.25, -0.2) is 4.98 Å². The molecule has 34 heavy (non-hydrogen) atoms. The lowest BCUT2D eigenvalue weighted by molar-refractivity contribution is 0.0591. The van der Waals surface area contributed by atoms with Crippen molar-refractivity contribution in [1.29, 1.82) is 0 Å². The standard InChI is InChI=1S/C28H25N3O3/c1-30-24-15-18(26(32)9-10-31-11-13-34-14-12-31)7-8-21(24)28-27-22(16-19(33-2)17-25(27)30)20-5-3-4-6-23(20)29-28/h3-10,15-17H,11-14H2,1-2H3. The maximum absolute atomic E-state index is 13.0. The summed E-state index contributed by atoms with van der Waals surface area (Å²) in [4.78, 5) is 22.3. The quantitative estimate of drug-likeness (QED) is 0.242. The van der Waals surface area contributed by atoms with Crippen LogP contribution in [-0.2, 0) is 4.74 Å². The number of hydrogen-bond donors (Lipinski definition) is 0. The lowest BCUT2D eigenvalue weighted by Crippen LogP contribution is -2.32. The fourth-order valence-corrected chi connectivity index (χ4v) is 4.90. The fourth-order valence-electron chi connectivity index (χ4n) is 4.90. The Hall–Kier alpha value is -3.90. The lowest BCUT2D eigenvalue weighted by Gasteiger charge is -2.31. The summed E-state index contributed by atoms with van der Waals surface area (Å²) < 4.78 is 11.0. The van der Waals surface area contributed by atoms with E-state index < -0.39 is 0 Å². The summed E-state index contributed by atoms with van der Waals surface area (Å²) in [7, 11) is 3.72. The van der Waals surface area contributed by atoms with Gasteiger partial charge in [-0.1, -0.05) is 24.3 Å². The number of benzene rings is 3. The topological polar surface area (TPSA) is 54.9 Å². The largest absolute Gasteiger partial charge is 0.497 e. The number of rotatable bonds is 4. The number of fused-ring (bicyclic) bond motifs is 4. The summed E-state index contributed by atoms with van der Waals surface area (Å²) in [5.74, 6) is 0.775. The van der Waals surface area contributed by atoms with Crippen LogP contribution in [0, 0.1) is 0 Å². The molecule has 3 heterocycles. The molecule has 1 aromatic heterocycles. The van der Waals surface area contributed by atoms with Gasteiger partial charge in [0, 0.05) is 60.4 Å². The van der Waals surface area contributed by atoms with Gasteiger partial charge in [-0.2, -0.15) is 0 Å². The van der Waals surface area contributed by atoms with Gasteiger partial charge < -0.3 is 19.3 Å². The predicted molar refractivity (Wildman–Crippen MR) is 135 cm³/mol. The van der Waals surface area contributed by atoms with Crippen molar-refractivity contribution in [1.82, 2.24) is 9.88 Å². The number of morpholine rings is 1. The summed E-state index contributed by atoms with van der Waals surface area (Å²) in [6, 6.07) is 18.2. The highest BCUT2D eigenvalue weighted by atomic mass is 16.5. The predicted octanol–water partition coefficient (Wildman–Crippen LogP) is 5.17. The van der Waals surface area contributed by atoms with E-state index in [1.807, 2.05) is 55.7 Å². The molecule has 0 amide bonds. The second kappa shape index (κ2) is 8.15. The molecule has 0 aliphatic carbocycles. The lowest BCUT2D eigenvalue weighted by atomic mass is 9.92. The fraction of sp³-hybridized carbons (Fsp3) is 0.214. The Balaban J connectivity index is 1.48. The maximum atomic E-state index is 13.0. The van der Waals surface area contributed by atoms with Crippen molar-refractivity contribution in [2.45, 2.75) is 0 Å². The molecular formula is C28H25N3O3. The molecule has 0 bridgehead atoms. The molecule has 4 aromatic rings. The first-order valence-electron chi connectivity index (χ1n) is 11.5. The minimum atomic E-state index is -0.0178. The Kier molecular flexibility index (Phi) is 4.96. The second-order valence-corrected chi connectivity index (χ2v) is 8.67. The van der Waals surface area contributed by atoms with E-state index in [1.165, 1.54) is 0 Å².